The van der Waals surface area contributed by atoms with Gasteiger partial charge in [0.05, 0.1) is 0 Å². The Bertz CT molecular complexity index is 548. The van der Waals surface area contributed by atoms with E-state index in [0.717, 1.165) is 0 Å². The second-order valence-electron chi connectivity index (χ2n) is 4.26. The van der Waals surface area contributed by atoms with E-state index in [1.54, 1.807) is 19.9 Å². The highest BCUT2D eigenvalue weighted by Gasteiger charge is 2.35. The van der Waals surface area contributed by atoms with Crippen LogP contribution in [0.4, 0.5) is 0 Å². The monoisotopic (exact) mass is 251 g/mol. The fraction of sp³-hybridized carbons (Fsp3) is 0.417. The van der Waals surface area contributed by atoms with Crippen molar-refractivity contribution in [2.75, 3.05) is 0 Å². The maximum absolute atomic E-state index is 11.7. The Morgan fingerprint density at radius 3 is 2.72 bits per heavy atom. The number of ether oxygens (including phenoxy) is 2. The van der Waals surface area contributed by atoms with Gasteiger partial charge < -0.3 is 14.5 Å². The average Bonchev–Trinajstić information content (AvgIpc) is 2.57. The van der Waals surface area contributed by atoms with Gasteiger partial charge in [-0.1, -0.05) is 0 Å². The summed E-state index contributed by atoms with van der Waals surface area (Å²) >= 11 is 0. The number of H-pyrrole nitrogens is 1. The van der Waals surface area contributed by atoms with Gasteiger partial charge in [0.15, 0.2) is 0 Å². The Hall–Kier alpha value is -2.11. The van der Waals surface area contributed by atoms with Crippen LogP contribution in [0.25, 0.3) is 0 Å². The summed E-state index contributed by atoms with van der Waals surface area (Å²) in [5.74, 6) is -1.38. The zero-order chi connectivity index (χ0) is 13.3. The maximum atomic E-state index is 11.7. The predicted molar refractivity (Wildman–Crippen MR) is 61.2 cm³/mol. The molecule has 0 bridgehead atoms. The zero-order valence-corrected chi connectivity index (χ0v) is 10.1. The van der Waals surface area contributed by atoms with Gasteiger partial charge in [-0.15, -0.1) is 0 Å². The van der Waals surface area contributed by atoms with Crippen molar-refractivity contribution in [3.63, 3.8) is 0 Å². The number of cyclic esters (lactones) is 1. The summed E-state index contributed by atoms with van der Waals surface area (Å²) in [6, 6.07) is 2.97. The molecule has 1 aliphatic rings. The van der Waals surface area contributed by atoms with Crippen LogP contribution in [0.2, 0.25) is 0 Å². The fourth-order valence-corrected chi connectivity index (χ4v) is 1.74. The van der Waals surface area contributed by atoms with Crippen LogP contribution in [-0.4, -0.2) is 29.1 Å². The summed E-state index contributed by atoms with van der Waals surface area (Å²) in [7, 11) is 0. The first-order valence-electron chi connectivity index (χ1n) is 5.59. The number of aryl methyl sites for hydroxylation is 1. The summed E-state index contributed by atoms with van der Waals surface area (Å²) in [6.07, 6.45) is -0.881. The molecule has 0 amide bonds. The minimum absolute atomic E-state index is 0.118. The van der Waals surface area contributed by atoms with Crippen LogP contribution in [0.15, 0.2) is 16.9 Å². The van der Waals surface area contributed by atoms with Gasteiger partial charge in [0, 0.05) is 12.1 Å². The predicted octanol–water partition coefficient (Wildman–Crippen LogP) is 0.544. The van der Waals surface area contributed by atoms with Crippen molar-refractivity contribution in [2.24, 2.45) is 0 Å². The van der Waals surface area contributed by atoms with Crippen molar-refractivity contribution in [3.05, 3.63) is 33.7 Å². The van der Waals surface area contributed by atoms with Crippen LogP contribution in [0.5, 0.6) is 0 Å². The molecular formula is C12H13NO5. The number of carbonyl (C=O) groups is 2. The van der Waals surface area contributed by atoms with E-state index in [4.69, 9.17) is 9.47 Å². The van der Waals surface area contributed by atoms with Crippen LogP contribution in [-0.2, 0) is 14.3 Å². The molecule has 0 aliphatic carbocycles. The summed E-state index contributed by atoms with van der Waals surface area (Å²) in [5.41, 5.74) is -0.00202. The highest BCUT2D eigenvalue weighted by atomic mass is 16.6. The van der Waals surface area contributed by atoms with Gasteiger partial charge in [-0.3, -0.25) is 4.79 Å². The van der Waals surface area contributed by atoms with Crippen LogP contribution < -0.4 is 5.56 Å². The number of nitrogens with one attached hydrogen (secondary N) is 1. The first-order chi connectivity index (χ1) is 8.47. The van der Waals surface area contributed by atoms with Crippen molar-refractivity contribution in [3.8, 4) is 0 Å². The van der Waals surface area contributed by atoms with Gasteiger partial charge in [0.25, 0.3) is 5.56 Å². The molecular weight excluding hydrogens is 238 g/mol. The van der Waals surface area contributed by atoms with Crippen molar-refractivity contribution >= 4 is 11.9 Å². The van der Waals surface area contributed by atoms with Crippen LogP contribution in [0, 0.1) is 6.92 Å². The summed E-state index contributed by atoms with van der Waals surface area (Å²) in [6.45, 7) is 3.41. The smallest absolute Gasteiger partial charge is 0.347 e. The second kappa shape index (κ2) is 4.64. The van der Waals surface area contributed by atoms with Crippen molar-refractivity contribution in [1.29, 1.82) is 0 Å². The SMILES string of the molecule is Cc1ccc(C(=O)O[C@H]2C[C@H](C)OC2=O)c(=O)[nH]1. The Morgan fingerprint density at radius 2 is 2.17 bits per heavy atom. The Balaban J connectivity index is 2.13. The highest BCUT2D eigenvalue weighted by molar-refractivity contribution is 5.91. The molecule has 1 N–H and O–H groups in total. The largest absolute Gasteiger partial charge is 0.460 e. The minimum atomic E-state index is -0.923. The lowest BCUT2D eigenvalue weighted by molar-refractivity contribution is -0.147. The lowest BCUT2D eigenvalue weighted by Gasteiger charge is -2.07. The molecule has 0 unspecified atom stereocenters. The standard InChI is InChI=1S/C12H13NO5/c1-6-3-4-8(10(14)13-6)11(15)18-9-5-7(2)17-12(9)16/h3-4,7,9H,5H2,1-2H3,(H,13,14)/t7-,9-/m0/s1. The molecule has 2 rings (SSSR count). The van der Waals surface area contributed by atoms with Gasteiger partial charge in [0.2, 0.25) is 6.10 Å². The highest BCUT2D eigenvalue weighted by Crippen LogP contribution is 2.18. The van der Waals surface area contributed by atoms with Crippen LogP contribution >= 0.6 is 0 Å². The van der Waals surface area contributed by atoms with Gasteiger partial charge >= 0.3 is 11.9 Å². The minimum Gasteiger partial charge on any atom is -0.460 e. The van der Waals surface area contributed by atoms with Gasteiger partial charge in [-0.05, 0) is 26.0 Å². The fourth-order valence-electron chi connectivity index (χ4n) is 1.74. The van der Waals surface area contributed by atoms with E-state index >= 15 is 0 Å². The van der Waals surface area contributed by atoms with Gasteiger partial charge in [0.1, 0.15) is 11.7 Å². The van der Waals surface area contributed by atoms with Crippen molar-refractivity contribution in [1.82, 2.24) is 4.98 Å². The molecule has 1 aromatic rings. The van der Waals surface area contributed by atoms with E-state index in [1.165, 1.54) is 6.07 Å². The molecule has 18 heavy (non-hydrogen) atoms. The van der Waals surface area contributed by atoms with E-state index in [1.807, 2.05) is 0 Å². The molecule has 1 fully saturated rings. The molecule has 1 aromatic heterocycles. The van der Waals surface area contributed by atoms with Gasteiger partial charge in [-0.2, -0.15) is 0 Å². The van der Waals surface area contributed by atoms with E-state index < -0.39 is 23.6 Å². The van der Waals surface area contributed by atoms with Crippen LogP contribution in [0.1, 0.15) is 29.4 Å². The number of hydrogen-bond donors (Lipinski definition) is 1. The number of aromatic nitrogens is 1. The average molecular weight is 251 g/mol. The topological polar surface area (TPSA) is 85.5 Å². The number of rotatable bonds is 2. The molecule has 6 heteroatoms. The molecule has 1 aliphatic heterocycles. The number of hydrogen-bond acceptors (Lipinski definition) is 5. The number of esters is 2. The lowest BCUT2D eigenvalue weighted by atomic mass is 10.2. The van der Waals surface area contributed by atoms with Gasteiger partial charge in [-0.25, -0.2) is 9.59 Å². The molecule has 2 atom stereocenters. The first-order valence-corrected chi connectivity index (χ1v) is 5.59. The third-order valence-corrected chi connectivity index (χ3v) is 2.65. The summed E-state index contributed by atoms with van der Waals surface area (Å²) in [4.78, 5) is 37.1. The molecule has 2 heterocycles. The van der Waals surface area contributed by atoms with E-state index in [2.05, 4.69) is 4.98 Å². The lowest BCUT2D eigenvalue weighted by Crippen LogP contribution is -2.27. The first kappa shape index (κ1) is 12.3. The quantitative estimate of drug-likeness (QED) is 0.775. The van der Waals surface area contributed by atoms with Crippen LogP contribution in [0.3, 0.4) is 0 Å². The number of carbonyl (C=O) groups excluding carboxylic acids is 2. The molecule has 0 saturated carbocycles. The third-order valence-electron chi connectivity index (χ3n) is 2.65. The second-order valence-corrected chi connectivity index (χ2v) is 4.26. The normalized spacial score (nSPS) is 22.7. The Labute approximate surface area is 103 Å². The zero-order valence-electron chi connectivity index (χ0n) is 10.1. The molecule has 6 nitrogen and oxygen atoms in total. The molecule has 0 radical (unpaired) electrons. The third kappa shape index (κ3) is 2.42. The Kier molecular flexibility index (Phi) is 3.18. The van der Waals surface area contributed by atoms with Crippen molar-refractivity contribution in [2.45, 2.75) is 32.5 Å². The molecule has 1 saturated heterocycles. The number of aromatic amines is 1. The molecule has 0 spiro atoms. The number of pyridine rings is 1. The van der Waals surface area contributed by atoms with E-state index in [-0.39, 0.29) is 11.7 Å². The van der Waals surface area contributed by atoms with E-state index in [9.17, 15) is 14.4 Å². The summed E-state index contributed by atoms with van der Waals surface area (Å²) < 4.78 is 9.83. The summed E-state index contributed by atoms with van der Waals surface area (Å²) in [5, 5.41) is 0. The molecule has 0 aromatic carbocycles. The Morgan fingerprint density at radius 1 is 1.44 bits per heavy atom. The maximum Gasteiger partial charge on any atom is 0.347 e. The van der Waals surface area contributed by atoms with E-state index in [0.29, 0.717) is 12.1 Å². The molecule has 96 valence electrons. The van der Waals surface area contributed by atoms with Crippen molar-refractivity contribution < 1.29 is 19.1 Å².